The number of rotatable bonds is 4. The Morgan fingerprint density at radius 2 is 1.96 bits per heavy atom. The normalized spacial score (nSPS) is 11.4. The van der Waals surface area contributed by atoms with Crippen LogP contribution in [0.25, 0.3) is 26.3 Å². The Labute approximate surface area is 153 Å². The molecule has 0 aliphatic carbocycles. The highest BCUT2D eigenvalue weighted by atomic mass is 32.1. The number of thiazole rings is 1. The summed E-state index contributed by atoms with van der Waals surface area (Å²) in [4.78, 5) is 8.82. The van der Waals surface area contributed by atoms with Crippen LogP contribution < -0.4 is 0 Å². The molecule has 0 unspecified atom stereocenters. The molecule has 126 valence electrons. The van der Waals surface area contributed by atoms with Crippen LogP contribution in [0.1, 0.15) is 30.5 Å². The van der Waals surface area contributed by atoms with Crippen molar-refractivity contribution in [3.63, 3.8) is 0 Å². The minimum Gasteiger partial charge on any atom is -0.264 e. The molecule has 0 N–H and O–H groups in total. The Morgan fingerprint density at radius 1 is 1.08 bits per heavy atom. The maximum atomic E-state index is 4.67. The Bertz CT molecular complexity index is 999. The van der Waals surface area contributed by atoms with E-state index in [4.69, 9.17) is 0 Å². The SMILES string of the molecule is Cc1nc(-c2cccnc2)sc1-n1ccc(-c2nnc(C(C)C)s2)n1. The molecule has 0 saturated carbocycles. The van der Waals surface area contributed by atoms with Crippen molar-refractivity contribution in [3.8, 4) is 26.3 Å². The third-order valence-electron chi connectivity index (χ3n) is 3.63. The van der Waals surface area contributed by atoms with Crippen LogP contribution in [-0.4, -0.2) is 29.9 Å². The van der Waals surface area contributed by atoms with Crippen LogP contribution in [0.15, 0.2) is 36.8 Å². The van der Waals surface area contributed by atoms with Crippen molar-refractivity contribution >= 4 is 22.7 Å². The predicted molar refractivity (Wildman–Crippen MR) is 100 cm³/mol. The Kier molecular flexibility index (Phi) is 4.14. The average molecular weight is 368 g/mol. The highest BCUT2D eigenvalue weighted by Gasteiger charge is 2.15. The summed E-state index contributed by atoms with van der Waals surface area (Å²) in [7, 11) is 0. The minimum atomic E-state index is 0.374. The molecule has 0 saturated heterocycles. The zero-order chi connectivity index (χ0) is 17.4. The molecule has 0 aliphatic heterocycles. The monoisotopic (exact) mass is 368 g/mol. The third kappa shape index (κ3) is 3.10. The molecule has 0 fully saturated rings. The standard InChI is InChI=1S/C17H16N6S2/c1-10(2)14-20-21-16(24-14)13-6-8-23(22-13)17-11(3)19-15(25-17)12-5-4-7-18-9-12/h4-10H,1-3H3. The molecule has 0 bridgehead atoms. The quantitative estimate of drug-likeness (QED) is 0.536. The van der Waals surface area contributed by atoms with Gasteiger partial charge in [0, 0.05) is 30.1 Å². The van der Waals surface area contributed by atoms with Gasteiger partial charge in [0.25, 0.3) is 0 Å². The second-order valence-electron chi connectivity index (χ2n) is 5.90. The fourth-order valence-electron chi connectivity index (χ4n) is 2.34. The predicted octanol–water partition coefficient (Wildman–Crippen LogP) is 4.34. The van der Waals surface area contributed by atoms with E-state index in [1.165, 1.54) is 0 Å². The zero-order valence-electron chi connectivity index (χ0n) is 14.0. The van der Waals surface area contributed by atoms with E-state index in [1.54, 1.807) is 28.9 Å². The highest BCUT2D eigenvalue weighted by molar-refractivity contribution is 7.17. The summed E-state index contributed by atoms with van der Waals surface area (Å²) in [6.07, 6.45) is 5.53. The van der Waals surface area contributed by atoms with E-state index < -0.39 is 0 Å². The summed E-state index contributed by atoms with van der Waals surface area (Å²) in [5, 5.41) is 17.0. The molecular formula is C17H16N6S2. The van der Waals surface area contributed by atoms with E-state index in [1.807, 2.05) is 42.2 Å². The largest absolute Gasteiger partial charge is 0.264 e. The van der Waals surface area contributed by atoms with Crippen molar-refractivity contribution < 1.29 is 0 Å². The Morgan fingerprint density at radius 3 is 2.68 bits per heavy atom. The molecule has 0 amide bonds. The first-order chi connectivity index (χ1) is 12.1. The fraction of sp³-hybridized carbons (Fsp3) is 0.235. The van der Waals surface area contributed by atoms with Gasteiger partial charge in [-0.15, -0.1) is 10.2 Å². The summed E-state index contributed by atoms with van der Waals surface area (Å²) in [6, 6.07) is 5.89. The van der Waals surface area contributed by atoms with Crippen molar-refractivity contribution in [2.75, 3.05) is 0 Å². The van der Waals surface area contributed by atoms with Gasteiger partial charge in [-0.3, -0.25) is 4.98 Å². The van der Waals surface area contributed by atoms with Gasteiger partial charge in [-0.25, -0.2) is 9.67 Å². The number of nitrogens with zero attached hydrogens (tertiary/aromatic N) is 6. The molecule has 4 aromatic rings. The number of hydrogen-bond donors (Lipinski definition) is 0. The van der Waals surface area contributed by atoms with E-state index in [0.717, 1.165) is 37.0 Å². The van der Waals surface area contributed by atoms with Gasteiger partial charge in [0.2, 0.25) is 0 Å². The van der Waals surface area contributed by atoms with E-state index in [-0.39, 0.29) is 0 Å². The van der Waals surface area contributed by atoms with Crippen molar-refractivity contribution in [3.05, 3.63) is 47.5 Å². The number of aryl methyl sites for hydroxylation is 1. The second kappa shape index (κ2) is 6.45. The van der Waals surface area contributed by atoms with Crippen LogP contribution in [0.3, 0.4) is 0 Å². The maximum absolute atomic E-state index is 4.67. The van der Waals surface area contributed by atoms with E-state index in [9.17, 15) is 0 Å². The van der Waals surface area contributed by atoms with E-state index in [0.29, 0.717) is 5.92 Å². The summed E-state index contributed by atoms with van der Waals surface area (Å²) in [5.74, 6) is 0.374. The highest BCUT2D eigenvalue weighted by Crippen LogP contribution is 2.31. The second-order valence-corrected chi connectivity index (χ2v) is 7.88. The van der Waals surface area contributed by atoms with Gasteiger partial charge < -0.3 is 0 Å². The number of hydrogen-bond acceptors (Lipinski definition) is 7. The van der Waals surface area contributed by atoms with Gasteiger partial charge >= 0.3 is 0 Å². The summed E-state index contributed by atoms with van der Waals surface area (Å²) >= 11 is 3.19. The van der Waals surface area contributed by atoms with Gasteiger partial charge in [-0.2, -0.15) is 5.10 Å². The molecule has 0 spiro atoms. The molecule has 4 heterocycles. The van der Waals surface area contributed by atoms with Gasteiger partial charge in [-0.1, -0.05) is 36.5 Å². The molecule has 0 aliphatic rings. The summed E-state index contributed by atoms with van der Waals surface area (Å²) < 4.78 is 1.86. The van der Waals surface area contributed by atoms with Crippen LogP contribution >= 0.6 is 22.7 Å². The first kappa shape index (κ1) is 16.0. The topological polar surface area (TPSA) is 69.4 Å². The zero-order valence-corrected chi connectivity index (χ0v) is 15.7. The van der Waals surface area contributed by atoms with E-state index >= 15 is 0 Å². The van der Waals surface area contributed by atoms with Crippen molar-refractivity contribution in [2.45, 2.75) is 26.7 Å². The first-order valence-corrected chi connectivity index (χ1v) is 9.53. The minimum absolute atomic E-state index is 0.374. The van der Waals surface area contributed by atoms with Crippen molar-refractivity contribution in [1.82, 2.24) is 29.9 Å². The first-order valence-electron chi connectivity index (χ1n) is 7.89. The summed E-state index contributed by atoms with van der Waals surface area (Å²) in [6.45, 7) is 6.22. The van der Waals surface area contributed by atoms with Gasteiger partial charge in [-0.05, 0) is 25.1 Å². The molecule has 25 heavy (non-hydrogen) atoms. The molecule has 4 rings (SSSR count). The third-order valence-corrected chi connectivity index (χ3v) is 6.07. The lowest BCUT2D eigenvalue weighted by atomic mass is 10.2. The molecule has 0 atom stereocenters. The average Bonchev–Trinajstić information content (AvgIpc) is 3.34. The summed E-state index contributed by atoms with van der Waals surface area (Å²) in [5.41, 5.74) is 2.79. The molecular weight excluding hydrogens is 352 g/mol. The van der Waals surface area contributed by atoms with Gasteiger partial charge in [0.1, 0.15) is 20.7 Å². The van der Waals surface area contributed by atoms with Crippen molar-refractivity contribution in [2.24, 2.45) is 0 Å². The van der Waals surface area contributed by atoms with E-state index in [2.05, 4.69) is 39.1 Å². The lowest BCUT2D eigenvalue weighted by Gasteiger charge is -1.96. The number of pyridine rings is 1. The van der Waals surface area contributed by atoms with Crippen LogP contribution in [0, 0.1) is 6.92 Å². The Hall–Kier alpha value is -2.45. The molecule has 6 nitrogen and oxygen atoms in total. The lowest BCUT2D eigenvalue weighted by Crippen LogP contribution is -1.94. The lowest BCUT2D eigenvalue weighted by molar-refractivity contribution is 0.824. The van der Waals surface area contributed by atoms with Crippen LogP contribution in [-0.2, 0) is 0 Å². The fourth-order valence-corrected chi connectivity index (χ4v) is 4.14. The maximum Gasteiger partial charge on any atom is 0.168 e. The van der Waals surface area contributed by atoms with Crippen LogP contribution in [0.4, 0.5) is 0 Å². The van der Waals surface area contributed by atoms with Crippen LogP contribution in [0.2, 0.25) is 0 Å². The van der Waals surface area contributed by atoms with Gasteiger partial charge in [0.05, 0.1) is 5.69 Å². The molecule has 4 aromatic heterocycles. The van der Waals surface area contributed by atoms with Crippen LogP contribution in [0.5, 0.6) is 0 Å². The number of aromatic nitrogens is 6. The smallest absolute Gasteiger partial charge is 0.168 e. The molecule has 0 radical (unpaired) electrons. The molecule has 0 aromatic carbocycles. The van der Waals surface area contributed by atoms with Crippen molar-refractivity contribution in [1.29, 1.82) is 0 Å². The Balaban J connectivity index is 1.67. The van der Waals surface area contributed by atoms with Gasteiger partial charge in [0.15, 0.2) is 5.01 Å². The molecule has 8 heteroatoms.